The SMILES string of the molecule is Cc1ccc(C(C2CCC(C)C(C)C2)(C(F)(F)F)C(F)(F)F)cc1C. The lowest BCUT2D eigenvalue weighted by atomic mass is 9.60. The topological polar surface area (TPSA) is 0 Å². The Morgan fingerprint density at radius 2 is 1.36 bits per heavy atom. The molecule has 0 nitrogen and oxygen atoms in total. The molecule has 0 amide bonds. The highest BCUT2D eigenvalue weighted by Crippen LogP contribution is 2.60. The van der Waals surface area contributed by atoms with Crippen LogP contribution in [0, 0.1) is 31.6 Å². The van der Waals surface area contributed by atoms with E-state index in [1.54, 1.807) is 20.8 Å². The summed E-state index contributed by atoms with van der Waals surface area (Å²) in [5, 5.41) is 0. The summed E-state index contributed by atoms with van der Waals surface area (Å²) in [5.41, 5.74) is -3.38. The molecule has 6 heteroatoms. The Hall–Kier alpha value is -1.20. The van der Waals surface area contributed by atoms with Crippen LogP contribution >= 0.6 is 0 Å². The van der Waals surface area contributed by atoms with Gasteiger partial charge in [0.25, 0.3) is 0 Å². The van der Waals surface area contributed by atoms with Crippen LogP contribution in [0.25, 0.3) is 0 Å². The Balaban J connectivity index is 2.71. The van der Waals surface area contributed by atoms with E-state index in [9.17, 15) is 26.3 Å². The first-order valence-electron chi connectivity index (χ1n) is 8.53. The van der Waals surface area contributed by atoms with Crippen LogP contribution in [0.5, 0.6) is 0 Å². The van der Waals surface area contributed by atoms with Crippen molar-refractivity contribution in [2.45, 2.75) is 64.7 Å². The van der Waals surface area contributed by atoms with E-state index in [4.69, 9.17) is 0 Å². The minimum Gasteiger partial charge on any atom is -0.170 e. The van der Waals surface area contributed by atoms with Crippen molar-refractivity contribution in [1.82, 2.24) is 0 Å². The lowest BCUT2D eigenvalue weighted by Gasteiger charge is -2.47. The number of hydrogen-bond acceptors (Lipinski definition) is 0. The van der Waals surface area contributed by atoms with Crippen LogP contribution in [0.3, 0.4) is 0 Å². The third-order valence-electron chi connectivity index (χ3n) is 6.07. The summed E-state index contributed by atoms with van der Waals surface area (Å²) in [5.74, 6) is -1.54. The Morgan fingerprint density at radius 3 is 1.80 bits per heavy atom. The average molecular weight is 366 g/mol. The first-order chi connectivity index (χ1) is 11.3. The van der Waals surface area contributed by atoms with E-state index in [1.165, 1.54) is 6.07 Å². The molecule has 1 aromatic rings. The predicted octanol–water partition coefficient (Wildman–Crippen LogP) is 6.74. The van der Waals surface area contributed by atoms with Gasteiger partial charge in [-0.25, -0.2) is 0 Å². The van der Waals surface area contributed by atoms with Crippen LogP contribution < -0.4 is 0 Å². The minimum absolute atomic E-state index is 0.0720. The predicted molar refractivity (Wildman–Crippen MR) is 85.4 cm³/mol. The number of halogens is 6. The van der Waals surface area contributed by atoms with E-state index in [0.29, 0.717) is 17.5 Å². The fourth-order valence-electron chi connectivity index (χ4n) is 4.11. The quantitative estimate of drug-likeness (QED) is 0.509. The standard InChI is InChI=1S/C19H24F6/c1-11-5-7-15(9-13(11)3)17(18(20,21)22,19(23,24)25)16-8-6-12(2)14(4)10-16/h5,7,9,12,14,16H,6,8,10H2,1-4H3. The maximum absolute atomic E-state index is 14.1. The van der Waals surface area contributed by atoms with Crippen molar-refractivity contribution >= 4 is 0 Å². The molecule has 1 aliphatic carbocycles. The molecule has 3 unspecified atom stereocenters. The lowest BCUT2D eigenvalue weighted by molar-refractivity contribution is -0.323. The average Bonchev–Trinajstić information content (AvgIpc) is 2.44. The van der Waals surface area contributed by atoms with E-state index in [1.807, 2.05) is 6.92 Å². The number of rotatable bonds is 2. The Morgan fingerprint density at radius 1 is 0.800 bits per heavy atom. The molecule has 1 aliphatic rings. The highest BCUT2D eigenvalue weighted by atomic mass is 19.4. The third-order valence-corrected chi connectivity index (χ3v) is 6.07. The summed E-state index contributed by atoms with van der Waals surface area (Å²) in [6.45, 7) is 6.85. The van der Waals surface area contributed by atoms with Crippen LogP contribution in [0.1, 0.15) is 49.8 Å². The van der Waals surface area contributed by atoms with E-state index in [-0.39, 0.29) is 24.7 Å². The molecule has 142 valence electrons. The van der Waals surface area contributed by atoms with Crippen LogP contribution in [0.4, 0.5) is 26.3 Å². The van der Waals surface area contributed by atoms with E-state index >= 15 is 0 Å². The lowest BCUT2D eigenvalue weighted by Crippen LogP contribution is -2.59. The maximum Gasteiger partial charge on any atom is 0.407 e. The van der Waals surface area contributed by atoms with Crippen molar-refractivity contribution in [3.8, 4) is 0 Å². The van der Waals surface area contributed by atoms with Gasteiger partial charge in [0.1, 0.15) is 0 Å². The Labute approximate surface area is 144 Å². The monoisotopic (exact) mass is 366 g/mol. The van der Waals surface area contributed by atoms with E-state index in [0.717, 1.165) is 12.1 Å². The van der Waals surface area contributed by atoms with Crippen LogP contribution in [0.15, 0.2) is 18.2 Å². The molecule has 0 aromatic heterocycles. The molecule has 0 bridgehead atoms. The molecule has 0 heterocycles. The summed E-state index contributed by atoms with van der Waals surface area (Å²) in [6, 6.07) is 3.43. The molecule has 0 aliphatic heterocycles. The second-order valence-electron chi connectivity index (χ2n) is 7.57. The van der Waals surface area contributed by atoms with Gasteiger partial charge in [0.05, 0.1) is 0 Å². The van der Waals surface area contributed by atoms with Gasteiger partial charge in [-0.1, -0.05) is 38.5 Å². The molecule has 0 radical (unpaired) electrons. The molecule has 3 atom stereocenters. The Bertz CT molecular complexity index is 599. The number of hydrogen-bond donors (Lipinski definition) is 0. The first-order valence-corrected chi connectivity index (χ1v) is 8.53. The highest BCUT2D eigenvalue weighted by Gasteiger charge is 2.74. The molecule has 1 saturated carbocycles. The van der Waals surface area contributed by atoms with Crippen molar-refractivity contribution in [3.63, 3.8) is 0 Å². The van der Waals surface area contributed by atoms with Crippen LogP contribution in [-0.4, -0.2) is 12.4 Å². The van der Waals surface area contributed by atoms with Gasteiger partial charge < -0.3 is 0 Å². The second-order valence-corrected chi connectivity index (χ2v) is 7.57. The maximum atomic E-state index is 14.1. The van der Waals surface area contributed by atoms with E-state index < -0.39 is 29.2 Å². The van der Waals surface area contributed by atoms with Gasteiger partial charge in [-0.2, -0.15) is 26.3 Å². The van der Waals surface area contributed by atoms with Crippen molar-refractivity contribution in [1.29, 1.82) is 0 Å². The fourth-order valence-corrected chi connectivity index (χ4v) is 4.11. The van der Waals surface area contributed by atoms with Crippen molar-refractivity contribution in [2.24, 2.45) is 17.8 Å². The number of benzene rings is 1. The Kier molecular flexibility index (Phi) is 5.24. The summed E-state index contributed by atoms with van der Waals surface area (Å²) in [4.78, 5) is 0. The second kappa shape index (κ2) is 6.51. The number of aryl methyl sites for hydroxylation is 2. The largest absolute Gasteiger partial charge is 0.407 e. The highest BCUT2D eigenvalue weighted by molar-refractivity contribution is 5.38. The normalized spacial score (nSPS) is 25.9. The molecule has 25 heavy (non-hydrogen) atoms. The summed E-state index contributed by atoms with van der Waals surface area (Å²) >= 11 is 0. The number of alkyl halides is 6. The van der Waals surface area contributed by atoms with Crippen molar-refractivity contribution in [3.05, 3.63) is 34.9 Å². The first kappa shape index (κ1) is 20.1. The van der Waals surface area contributed by atoms with Crippen molar-refractivity contribution in [2.75, 3.05) is 0 Å². The zero-order chi connectivity index (χ0) is 19.2. The van der Waals surface area contributed by atoms with Crippen molar-refractivity contribution < 1.29 is 26.3 Å². The molecule has 1 aromatic carbocycles. The molecule has 1 fully saturated rings. The summed E-state index contributed by atoms with van der Waals surface area (Å²) in [6.07, 6.45) is -10.6. The molecular weight excluding hydrogens is 342 g/mol. The van der Waals surface area contributed by atoms with E-state index in [2.05, 4.69) is 0 Å². The van der Waals surface area contributed by atoms with Gasteiger partial charge in [0.15, 0.2) is 5.41 Å². The van der Waals surface area contributed by atoms with Gasteiger partial charge >= 0.3 is 12.4 Å². The molecule has 0 saturated heterocycles. The fraction of sp³-hybridized carbons (Fsp3) is 0.684. The zero-order valence-electron chi connectivity index (χ0n) is 14.9. The molecular formula is C19H24F6. The molecule has 0 spiro atoms. The molecule has 2 rings (SSSR count). The van der Waals surface area contributed by atoms with Crippen LogP contribution in [0.2, 0.25) is 0 Å². The summed E-state index contributed by atoms with van der Waals surface area (Å²) in [7, 11) is 0. The molecule has 0 N–H and O–H groups in total. The minimum atomic E-state index is -5.40. The smallest absolute Gasteiger partial charge is 0.170 e. The van der Waals surface area contributed by atoms with Crippen LogP contribution in [-0.2, 0) is 5.41 Å². The van der Waals surface area contributed by atoms with Gasteiger partial charge in [0, 0.05) is 0 Å². The van der Waals surface area contributed by atoms with Gasteiger partial charge in [-0.15, -0.1) is 0 Å². The van der Waals surface area contributed by atoms with Gasteiger partial charge in [0.2, 0.25) is 0 Å². The summed E-state index contributed by atoms with van der Waals surface area (Å²) < 4.78 is 84.5. The van der Waals surface area contributed by atoms with Gasteiger partial charge in [-0.3, -0.25) is 0 Å². The van der Waals surface area contributed by atoms with Gasteiger partial charge in [-0.05, 0) is 61.1 Å². The third kappa shape index (κ3) is 3.28. The zero-order valence-corrected chi connectivity index (χ0v) is 14.9.